The van der Waals surface area contributed by atoms with E-state index in [9.17, 15) is 0 Å². The standard InChI is InChI=1S/C41H76P4/c1-13-33-34(14-2)38(26(6)18-22-30(10)43)41(37(33)25(5)17-21-29(9)42)39(27(7)19-23-31(11)44)35(15-3)36(16-4)40(41)28(8)20-24-32(12)45/h13-16,25-32,37-40H,17-24,42-45H2,1-12H3/b33-13+,34-14+,35-15+,36-16+/t25-,26-,27-,28-,29-,30-,31-,32-,37?,38?,39?,40?,41?/m1/s1. The van der Waals surface area contributed by atoms with Crippen LogP contribution < -0.4 is 0 Å². The molecule has 0 aromatic rings. The van der Waals surface area contributed by atoms with Gasteiger partial charge in [-0.25, -0.2) is 0 Å². The van der Waals surface area contributed by atoms with Crippen LogP contribution in [0.1, 0.15) is 134 Å². The lowest BCUT2D eigenvalue weighted by Gasteiger charge is -2.53. The number of hydrogen-bond acceptors (Lipinski definition) is 0. The Morgan fingerprint density at radius 2 is 0.578 bits per heavy atom. The van der Waals surface area contributed by atoms with Crippen molar-refractivity contribution < 1.29 is 0 Å². The molecule has 45 heavy (non-hydrogen) atoms. The van der Waals surface area contributed by atoms with E-state index in [2.05, 4.69) is 144 Å². The SMILES string of the molecule is C/C=C1\C(=C/C)C([C@H](C)CC[C@@H](C)P)C2(C1[C@H](C)CC[C@@H](C)P)C([C@H](C)CC[C@@H](C)P)C(=C/C)/C(=C\C)C2[C@H](C)CC[C@@H](C)P. The smallest absolute Gasteiger partial charge is 0.00126 e. The molecule has 2 aliphatic carbocycles. The first-order valence-corrected chi connectivity index (χ1v) is 21.5. The van der Waals surface area contributed by atoms with Crippen LogP contribution in [-0.2, 0) is 0 Å². The first-order valence-electron chi connectivity index (χ1n) is 18.8. The Morgan fingerprint density at radius 3 is 0.711 bits per heavy atom. The van der Waals surface area contributed by atoms with Crippen LogP contribution in [0.25, 0.3) is 0 Å². The Bertz CT molecular complexity index is 863. The lowest BCUT2D eigenvalue weighted by molar-refractivity contribution is -0.0379. The minimum Gasteiger partial charge on any atom is -0.135 e. The van der Waals surface area contributed by atoms with Gasteiger partial charge in [0.05, 0.1) is 0 Å². The Hall–Kier alpha value is 0.680. The van der Waals surface area contributed by atoms with E-state index in [0.717, 1.165) is 0 Å². The van der Waals surface area contributed by atoms with Crippen molar-refractivity contribution >= 4 is 37.0 Å². The van der Waals surface area contributed by atoms with E-state index >= 15 is 0 Å². The minimum atomic E-state index is 0.188. The van der Waals surface area contributed by atoms with Gasteiger partial charge in [0.2, 0.25) is 0 Å². The topological polar surface area (TPSA) is 0 Å². The first kappa shape index (κ1) is 41.8. The summed E-state index contributed by atoms with van der Waals surface area (Å²) in [4.78, 5) is 0. The zero-order valence-corrected chi connectivity index (χ0v) is 36.3. The maximum Gasteiger partial charge on any atom is -0.00126 e. The van der Waals surface area contributed by atoms with E-state index in [4.69, 9.17) is 0 Å². The second-order valence-corrected chi connectivity index (χ2v) is 20.6. The van der Waals surface area contributed by atoms with E-state index in [-0.39, 0.29) is 5.41 Å². The Balaban J connectivity index is 3.12. The quantitative estimate of drug-likeness (QED) is 0.141. The molecule has 2 fully saturated rings. The normalized spacial score (nSPS) is 34.5. The van der Waals surface area contributed by atoms with Crippen molar-refractivity contribution in [3.05, 3.63) is 46.6 Å². The van der Waals surface area contributed by atoms with Crippen molar-refractivity contribution in [1.29, 1.82) is 0 Å². The monoisotopic (exact) mass is 692 g/mol. The highest BCUT2D eigenvalue weighted by Crippen LogP contribution is 2.75. The average Bonchev–Trinajstić information content (AvgIpc) is 3.44. The predicted octanol–water partition coefficient (Wildman–Crippen LogP) is 13.0. The first-order chi connectivity index (χ1) is 21.1. The fraction of sp³-hybridized carbons (Fsp3) is 0.805. The van der Waals surface area contributed by atoms with Crippen LogP contribution in [0.15, 0.2) is 46.6 Å². The maximum atomic E-state index is 3.10. The number of allylic oxidation sites excluding steroid dienone is 8. The van der Waals surface area contributed by atoms with Crippen LogP contribution in [0, 0.1) is 52.8 Å². The molecule has 0 aliphatic heterocycles. The van der Waals surface area contributed by atoms with Crippen LogP contribution in [0.5, 0.6) is 0 Å². The Kier molecular flexibility index (Phi) is 17.8. The fourth-order valence-corrected chi connectivity index (χ4v) is 11.1. The van der Waals surface area contributed by atoms with Gasteiger partial charge < -0.3 is 0 Å². The van der Waals surface area contributed by atoms with E-state index < -0.39 is 0 Å². The van der Waals surface area contributed by atoms with Gasteiger partial charge in [0.15, 0.2) is 0 Å². The second kappa shape index (κ2) is 19.2. The van der Waals surface area contributed by atoms with Crippen molar-refractivity contribution in [2.75, 3.05) is 0 Å². The van der Waals surface area contributed by atoms with Gasteiger partial charge in [-0.1, -0.05) is 79.7 Å². The predicted molar refractivity (Wildman–Crippen MR) is 222 cm³/mol. The maximum absolute atomic E-state index is 3.10. The summed E-state index contributed by atoms with van der Waals surface area (Å²) >= 11 is 0. The Morgan fingerprint density at radius 1 is 0.400 bits per heavy atom. The molecule has 4 heteroatoms. The van der Waals surface area contributed by atoms with Gasteiger partial charge in [0.25, 0.3) is 0 Å². The molecule has 0 radical (unpaired) electrons. The Labute approximate surface area is 292 Å². The lowest BCUT2D eigenvalue weighted by Crippen LogP contribution is -2.50. The molecule has 8 unspecified atom stereocenters. The molecule has 0 nitrogen and oxygen atoms in total. The highest BCUT2D eigenvalue weighted by Gasteiger charge is 2.69. The third-order valence-corrected chi connectivity index (χ3v) is 13.3. The molecule has 1 spiro atoms. The lowest BCUT2D eigenvalue weighted by atomic mass is 9.50. The summed E-state index contributed by atoms with van der Waals surface area (Å²) in [6.07, 6.45) is 20.7. The number of rotatable bonds is 16. The van der Waals surface area contributed by atoms with Gasteiger partial charge in [-0.2, -0.15) is 0 Å². The highest BCUT2D eigenvalue weighted by atomic mass is 31.0. The summed E-state index contributed by atoms with van der Waals surface area (Å²) in [5, 5.41) is 0. The van der Waals surface area contributed by atoms with Gasteiger partial charge in [-0.15, -0.1) is 37.0 Å². The van der Waals surface area contributed by atoms with Gasteiger partial charge >= 0.3 is 0 Å². The highest BCUT2D eigenvalue weighted by molar-refractivity contribution is 7.18. The minimum absolute atomic E-state index is 0.188. The largest absolute Gasteiger partial charge is 0.135 e. The van der Waals surface area contributed by atoms with Crippen LogP contribution in [0.2, 0.25) is 0 Å². The summed E-state index contributed by atoms with van der Waals surface area (Å²) in [5.41, 5.74) is 9.67. The summed E-state index contributed by atoms with van der Waals surface area (Å²) in [6, 6.07) is 0. The second-order valence-electron chi connectivity index (χ2n) is 16.0. The third kappa shape index (κ3) is 9.48. The van der Waals surface area contributed by atoms with Gasteiger partial charge in [-0.05, 0) is 177 Å². The summed E-state index contributed by atoms with van der Waals surface area (Å²) < 4.78 is 0. The van der Waals surface area contributed by atoms with Crippen LogP contribution >= 0.6 is 37.0 Å². The zero-order chi connectivity index (χ0) is 34.2. The van der Waals surface area contributed by atoms with E-state index in [1.165, 1.54) is 51.4 Å². The molecule has 2 aliphatic rings. The van der Waals surface area contributed by atoms with Crippen molar-refractivity contribution in [3.63, 3.8) is 0 Å². The van der Waals surface area contributed by atoms with Gasteiger partial charge in [-0.3, -0.25) is 0 Å². The van der Waals surface area contributed by atoms with Crippen molar-refractivity contribution in [2.45, 2.75) is 157 Å². The molecule has 0 heterocycles. The molecule has 2 rings (SSSR count). The number of hydrogen-bond donors (Lipinski definition) is 0. The fourth-order valence-electron chi connectivity index (χ4n) is 10.3. The zero-order valence-electron chi connectivity index (χ0n) is 31.7. The molecule has 0 saturated heterocycles. The van der Waals surface area contributed by atoms with Crippen LogP contribution in [0.3, 0.4) is 0 Å². The third-order valence-electron chi connectivity index (χ3n) is 12.0. The summed E-state index contributed by atoms with van der Waals surface area (Å²) in [7, 11) is 12.4. The molecule has 16 atom stereocenters. The van der Waals surface area contributed by atoms with Crippen LogP contribution in [-0.4, -0.2) is 22.6 Å². The summed E-state index contributed by atoms with van der Waals surface area (Å²) in [5.74, 6) is 4.89. The van der Waals surface area contributed by atoms with Gasteiger partial charge in [0.1, 0.15) is 0 Å². The molecule has 0 aromatic heterocycles. The molecule has 0 N–H and O–H groups in total. The van der Waals surface area contributed by atoms with E-state index in [0.29, 0.717) is 70.0 Å². The average molecular weight is 693 g/mol. The van der Waals surface area contributed by atoms with Crippen molar-refractivity contribution in [2.24, 2.45) is 52.8 Å². The van der Waals surface area contributed by atoms with Crippen molar-refractivity contribution in [3.8, 4) is 0 Å². The van der Waals surface area contributed by atoms with E-state index in [1.807, 2.05) is 0 Å². The molecule has 0 amide bonds. The molecular weight excluding hydrogens is 616 g/mol. The molecular formula is C41H76P4. The van der Waals surface area contributed by atoms with Gasteiger partial charge in [0, 0.05) is 0 Å². The van der Waals surface area contributed by atoms with E-state index in [1.54, 1.807) is 22.3 Å². The molecule has 0 bridgehead atoms. The summed E-state index contributed by atoms with van der Waals surface area (Å²) in [6.45, 7) is 29.6. The van der Waals surface area contributed by atoms with Crippen molar-refractivity contribution in [1.82, 2.24) is 0 Å². The van der Waals surface area contributed by atoms with Crippen LogP contribution in [0.4, 0.5) is 0 Å². The molecule has 0 aromatic carbocycles. The molecule has 2 saturated carbocycles. The molecule has 260 valence electrons.